The number of hydrogen-bond donors (Lipinski definition) is 0. The highest BCUT2D eigenvalue weighted by Gasteiger charge is 2.22. The molecule has 4 nitrogen and oxygen atoms in total. The van der Waals surface area contributed by atoms with Gasteiger partial charge in [-0.2, -0.15) is 0 Å². The third kappa shape index (κ3) is 3.34. The zero-order valence-electron chi connectivity index (χ0n) is 14.0. The van der Waals surface area contributed by atoms with E-state index in [9.17, 15) is 0 Å². The van der Waals surface area contributed by atoms with Crippen molar-refractivity contribution in [2.45, 2.75) is 44.8 Å². The van der Waals surface area contributed by atoms with Crippen LogP contribution in [0, 0.1) is 0 Å². The van der Waals surface area contributed by atoms with Gasteiger partial charge in [-0.15, -0.1) is 0 Å². The molecule has 2 aromatic heterocycles. The standard InChI is InChI=1S/C20H24N4/c1-2-7-20-19(6-1)17(8-10-22-20)15-24-12-4-3-5-18(24)9-13-23-14-11-21-16-23/h1-2,6-8,10-11,14,16,18H,3-5,9,12-13,15H2/t18-/m0/s1. The molecule has 1 aliphatic rings. The smallest absolute Gasteiger partial charge is 0.0945 e. The van der Waals surface area contributed by atoms with Gasteiger partial charge in [-0.25, -0.2) is 4.98 Å². The van der Waals surface area contributed by atoms with Gasteiger partial charge >= 0.3 is 0 Å². The highest BCUT2D eigenvalue weighted by atomic mass is 15.2. The Morgan fingerprint density at radius 3 is 2.96 bits per heavy atom. The molecule has 1 saturated heterocycles. The second-order valence-corrected chi connectivity index (χ2v) is 6.70. The van der Waals surface area contributed by atoms with E-state index in [0.29, 0.717) is 6.04 Å². The number of aryl methyl sites for hydroxylation is 1. The fraction of sp³-hybridized carbons (Fsp3) is 0.400. The lowest BCUT2D eigenvalue weighted by Crippen LogP contribution is -2.39. The predicted octanol–water partition coefficient (Wildman–Crippen LogP) is 3.88. The molecule has 0 unspecified atom stereocenters. The number of imidazole rings is 1. The second-order valence-electron chi connectivity index (χ2n) is 6.70. The summed E-state index contributed by atoms with van der Waals surface area (Å²) in [5.74, 6) is 0. The predicted molar refractivity (Wildman–Crippen MR) is 96.6 cm³/mol. The Labute approximate surface area is 143 Å². The molecular formula is C20H24N4. The highest BCUT2D eigenvalue weighted by Crippen LogP contribution is 2.25. The molecule has 0 saturated carbocycles. The molecule has 1 fully saturated rings. The molecule has 3 aromatic rings. The van der Waals surface area contributed by atoms with Gasteiger partial charge in [0.2, 0.25) is 0 Å². The van der Waals surface area contributed by atoms with Gasteiger partial charge in [0.25, 0.3) is 0 Å². The molecule has 1 atom stereocenters. The van der Waals surface area contributed by atoms with E-state index in [1.807, 2.05) is 18.7 Å². The highest BCUT2D eigenvalue weighted by molar-refractivity contribution is 5.81. The monoisotopic (exact) mass is 320 g/mol. The molecule has 3 heterocycles. The maximum absolute atomic E-state index is 4.50. The number of rotatable bonds is 5. The summed E-state index contributed by atoms with van der Waals surface area (Å²) < 4.78 is 2.19. The maximum Gasteiger partial charge on any atom is 0.0945 e. The Hall–Kier alpha value is -2.20. The Morgan fingerprint density at radius 1 is 1.08 bits per heavy atom. The molecule has 0 bridgehead atoms. The molecule has 0 N–H and O–H groups in total. The van der Waals surface area contributed by atoms with E-state index in [4.69, 9.17) is 0 Å². The molecule has 1 aliphatic heterocycles. The van der Waals surface area contributed by atoms with Crippen LogP contribution in [0.25, 0.3) is 10.9 Å². The van der Waals surface area contributed by atoms with E-state index in [1.165, 1.54) is 43.2 Å². The fourth-order valence-corrected chi connectivity index (χ4v) is 3.82. The van der Waals surface area contributed by atoms with Gasteiger partial charge in [-0.05, 0) is 43.5 Å². The zero-order chi connectivity index (χ0) is 16.2. The molecule has 4 rings (SSSR count). The summed E-state index contributed by atoms with van der Waals surface area (Å²) in [6.07, 6.45) is 12.9. The van der Waals surface area contributed by atoms with Gasteiger partial charge in [0, 0.05) is 43.1 Å². The van der Waals surface area contributed by atoms with Crippen molar-refractivity contribution < 1.29 is 0 Å². The lowest BCUT2D eigenvalue weighted by Gasteiger charge is -2.36. The van der Waals surface area contributed by atoms with Crippen molar-refractivity contribution in [2.24, 2.45) is 0 Å². The van der Waals surface area contributed by atoms with Gasteiger partial charge in [0.15, 0.2) is 0 Å². The molecule has 24 heavy (non-hydrogen) atoms. The van der Waals surface area contributed by atoms with Gasteiger partial charge in [-0.1, -0.05) is 24.6 Å². The van der Waals surface area contributed by atoms with Crippen molar-refractivity contribution in [1.29, 1.82) is 0 Å². The normalized spacial score (nSPS) is 18.9. The van der Waals surface area contributed by atoms with Crippen molar-refractivity contribution in [2.75, 3.05) is 6.54 Å². The minimum absolute atomic E-state index is 0.660. The molecule has 0 spiro atoms. The summed E-state index contributed by atoms with van der Waals surface area (Å²) in [5.41, 5.74) is 2.50. The minimum atomic E-state index is 0.660. The Balaban J connectivity index is 1.50. The maximum atomic E-state index is 4.50. The number of benzene rings is 1. The number of piperidine rings is 1. The lowest BCUT2D eigenvalue weighted by molar-refractivity contribution is 0.129. The van der Waals surface area contributed by atoms with Crippen LogP contribution in [0.5, 0.6) is 0 Å². The van der Waals surface area contributed by atoms with E-state index in [0.717, 1.165) is 18.6 Å². The minimum Gasteiger partial charge on any atom is -0.337 e. The Bertz CT molecular complexity index is 776. The first-order chi connectivity index (χ1) is 11.9. The van der Waals surface area contributed by atoms with Crippen LogP contribution < -0.4 is 0 Å². The van der Waals surface area contributed by atoms with Crippen molar-refractivity contribution >= 4 is 10.9 Å². The SMILES string of the molecule is c1ccc2c(CN3CCCC[C@H]3CCn3ccnc3)ccnc2c1. The van der Waals surface area contributed by atoms with E-state index < -0.39 is 0 Å². The van der Waals surface area contributed by atoms with Crippen LogP contribution >= 0.6 is 0 Å². The van der Waals surface area contributed by atoms with Crippen LogP contribution in [0.4, 0.5) is 0 Å². The summed E-state index contributed by atoms with van der Waals surface area (Å²) in [6.45, 7) is 3.28. The topological polar surface area (TPSA) is 34.0 Å². The van der Waals surface area contributed by atoms with Crippen molar-refractivity contribution in [3.63, 3.8) is 0 Å². The average molecular weight is 320 g/mol. The molecular weight excluding hydrogens is 296 g/mol. The summed E-state index contributed by atoms with van der Waals surface area (Å²) >= 11 is 0. The summed E-state index contributed by atoms with van der Waals surface area (Å²) in [6, 6.07) is 11.3. The summed E-state index contributed by atoms with van der Waals surface area (Å²) in [7, 11) is 0. The van der Waals surface area contributed by atoms with Crippen molar-refractivity contribution in [1.82, 2.24) is 19.4 Å². The van der Waals surface area contributed by atoms with Gasteiger partial charge in [-0.3, -0.25) is 9.88 Å². The Kier molecular flexibility index (Phi) is 4.56. The number of para-hydroxylation sites is 1. The molecule has 124 valence electrons. The summed E-state index contributed by atoms with van der Waals surface area (Å²) in [5, 5.41) is 1.29. The van der Waals surface area contributed by atoms with Gasteiger partial charge < -0.3 is 4.57 Å². The third-order valence-electron chi connectivity index (χ3n) is 5.14. The largest absolute Gasteiger partial charge is 0.337 e. The fourth-order valence-electron chi connectivity index (χ4n) is 3.82. The van der Waals surface area contributed by atoms with Gasteiger partial charge in [0.1, 0.15) is 0 Å². The van der Waals surface area contributed by atoms with E-state index >= 15 is 0 Å². The number of aromatic nitrogens is 3. The second kappa shape index (κ2) is 7.14. The van der Waals surface area contributed by atoms with Crippen LogP contribution in [-0.2, 0) is 13.1 Å². The molecule has 0 amide bonds. The van der Waals surface area contributed by atoms with Crippen LogP contribution in [0.15, 0.2) is 55.2 Å². The first-order valence-electron chi connectivity index (χ1n) is 8.92. The molecule has 0 radical (unpaired) electrons. The Morgan fingerprint density at radius 2 is 2.04 bits per heavy atom. The third-order valence-corrected chi connectivity index (χ3v) is 5.14. The number of hydrogen-bond acceptors (Lipinski definition) is 3. The van der Waals surface area contributed by atoms with Crippen LogP contribution in [0.3, 0.4) is 0 Å². The molecule has 0 aliphatic carbocycles. The number of pyridine rings is 1. The zero-order valence-corrected chi connectivity index (χ0v) is 14.0. The van der Waals surface area contributed by atoms with Gasteiger partial charge in [0.05, 0.1) is 11.8 Å². The number of nitrogens with zero attached hydrogens (tertiary/aromatic N) is 4. The first kappa shape index (κ1) is 15.3. The molecule has 1 aromatic carbocycles. The van der Waals surface area contributed by atoms with Crippen LogP contribution in [-0.4, -0.2) is 32.0 Å². The van der Waals surface area contributed by atoms with Crippen molar-refractivity contribution in [3.8, 4) is 0 Å². The number of fused-ring (bicyclic) bond motifs is 1. The first-order valence-corrected chi connectivity index (χ1v) is 8.92. The summed E-state index contributed by atoms with van der Waals surface area (Å²) in [4.78, 5) is 11.3. The number of likely N-dealkylation sites (tertiary alicyclic amines) is 1. The van der Waals surface area contributed by atoms with Crippen LogP contribution in [0.1, 0.15) is 31.2 Å². The quantitative estimate of drug-likeness (QED) is 0.715. The van der Waals surface area contributed by atoms with Crippen molar-refractivity contribution in [3.05, 3.63) is 60.8 Å². The van der Waals surface area contributed by atoms with E-state index in [1.54, 1.807) is 0 Å². The molecule has 4 heteroatoms. The van der Waals surface area contributed by atoms with E-state index in [2.05, 4.69) is 56.0 Å². The average Bonchev–Trinajstić information content (AvgIpc) is 3.15. The van der Waals surface area contributed by atoms with E-state index in [-0.39, 0.29) is 0 Å². The van der Waals surface area contributed by atoms with Crippen LogP contribution in [0.2, 0.25) is 0 Å². The lowest BCUT2D eigenvalue weighted by atomic mass is 9.98.